The minimum atomic E-state index is -0.349. The summed E-state index contributed by atoms with van der Waals surface area (Å²) >= 11 is 3.29. The molecule has 0 saturated carbocycles. The largest absolute Gasteiger partial charge is 0.368 e. The molecule has 50 valence electrons. The number of nitrogens with zero attached hydrogens (tertiary/aromatic N) is 1. The van der Waals surface area contributed by atoms with E-state index in [4.69, 9.17) is 5.73 Å². The van der Waals surface area contributed by atoms with Crippen molar-refractivity contribution in [3.63, 3.8) is 0 Å². The van der Waals surface area contributed by atoms with Crippen molar-refractivity contribution in [2.45, 2.75) is 10.6 Å². The lowest BCUT2D eigenvalue weighted by atomic mass is 10.3. The Kier molecular flexibility index (Phi) is 2.19. The molecule has 0 aromatic rings. The van der Waals surface area contributed by atoms with Crippen molar-refractivity contribution in [1.29, 1.82) is 0 Å². The molecule has 0 aromatic heterocycles. The van der Waals surface area contributed by atoms with E-state index < -0.39 is 0 Å². The SMILES string of the molecule is NC(=O)C1N=CPC1Br. The Morgan fingerprint density at radius 1 is 1.89 bits per heavy atom. The fourth-order valence-corrected chi connectivity index (χ4v) is 2.15. The van der Waals surface area contributed by atoms with Crippen LogP contribution in [0.3, 0.4) is 0 Å². The van der Waals surface area contributed by atoms with E-state index in [-0.39, 0.29) is 16.5 Å². The van der Waals surface area contributed by atoms with Gasteiger partial charge in [0.25, 0.3) is 0 Å². The third-order valence-corrected chi connectivity index (χ3v) is 3.26. The maximum atomic E-state index is 10.5. The molecule has 0 fully saturated rings. The predicted octanol–water partition coefficient (Wildman–Crippen LogP) is 0.282. The highest BCUT2D eigenvalue weighted by Gasteiger charge is 2.25. The molecule has 0 saturated heterocycles. The Hall–Kier alpha value is 0.0500. The number of nitrogens with two attached hydrogens (primary N) is 1. The molecule has 1 rings (SSSR count). The summed E-state index contributed by atoms with van der Waals surface area (Å²) in [5, 5.41) is 0. The van der Waals surface area contributed by atoms with Gasteiger partial charge in [-0.1, -0.05) is 24.5 Å². The van der Waals surface area contributed by atoms with E-state index >= 15 is 0 Å². The van der Waals surface area contributed by atoms with Gasteiger partial charge in [-0.2, -0.15) is 0 Å². The molecule has 0 aromatic carbocycles. The Balaban J connectivity index is 2.59. The summed E-state index contributed by atoms with van der Waals surface area (Å²) in [4.78, 5) is 14.4. The van der Waals surface area contributed by atoms with E-state index in [9.17, 15) is 4.79 Å². The van der Waals surface area contributed by atoms with Crippen LogP contribution in [0.5, 0.6) is 0 Å². The summed E-state index contributed by atoms with van der Waals surface area (Å²) in [6.45, 7) is 0. The average molecular weight is 209 g/mol. The van der Waals surface area contributed by atoms with Crippen LogP contribution >= 0.6 is 24.5 Å². The van der Waals surface area contributed by atoms with E-state index in [0.717, 1.165) is 0 Å². The van der Waals surface area contributed by atoms with Gasteiger partial charge >= 0.3 is 0 Å². The molecule has 5 heteroatoms. The fraction of sp³-hybridized carbons (Fsp3) is 0.500. The molecule has 0 radical (unpaired) electrons. The lowest BCUT2D eigenvalue weighted by molar-refractivity contribution is -0.118. The Morgan fingerprint density at radius 2 is 2.56 bits per heavy atom. The molecule has 0 aliphatic carbocycles. The van der Waals surface area contributed by atoms with Gasteiger partial charge in [-0.05, 0) is 0 Å². The van der Waals surface area contributed by atoms with Gasteiger partial charge < -0.3 is 5.73 Å². The van der Waals surface area contributed by atoms with Crippen molar-refractivity contribution in [3.8, 4) is 0 Å². The molecule has 0 bridgehead atoms. The lowest BCUT2D eigenvalue weighted by Gasteiger charge is -2.04. The second-order valence-corrected chi connectivity index (χ2v) is 4.74. The summed E-state index contributed by atoms with van der Waals surface area (Å²) in [5.41, 5.74) is 5.01. The number of hydrogen-bond acceptors (Lipinski definition) is 2. The number of hydrogen-bond donors (Lipinski definition) is 1. The maximum Gasteiger partial charge on any atom is 0.243 e. The summed E-state index contributed by atoms with van der Waals surface area (Å²) < 4.78 is 0.148. The molecule has 1 heterocycles. The summed E-state index contributed by atoms with van der Waals surface area (Å²) in [5.74, 6) is 1.40. The average Bonchev–Trinajstić information content (AvgIpc) is 2.13. The molecule has 0 spiro atoms. The van der Waals surface area contributed by atoms with Gasteiger partial charge in [-0.3, -0.25) is 9.79 Å². The van der Waals surface area contributed by atoms with E-state index in [1.807, 2.05) is 0 Å². The van der Waals surface area contributed by atoms with E-state index in [0.29, 0.717) is 8.58 Å². The van der Waals surface area contributed by atoms with E-state index in [1.165, 1.54) is 0 Å². The molecule has 1 amide bonds. The number of amides is 1. The number of carbonyl (C=O) groups is 1. The van der Waals surface area contributed by atoms with Crippen LogP contribution in [0.4, 0.5) is 0 Å². The highest BCUT2D eigenvalue weighted by molar-refractivity contribution is 9.10. The van der Waals surface area contributed by atoms with Crippen molar-refractivity contribution >= 4 is 36.4 Å². The zero-order valence-electron chi connectivity index (χ0n) is 4.54. The molecule has 3 nitrogen and oxygen atoms in total. The van der Waals surface area contributed by atoms with Crippen molar-refractivity contribution in [1.82, 2.24) is 0 Å². The standard InChI is InChI=1S/C4H6BrN2OP/c5-3-2(4(6)8)7-1-9-3/h1-3,9H,(H2,6,8). The number of primary amides is 1. The molecule has 3 unspecified atom stereocenters. The first kappa shape index (κ1) is 7.16. The van der Waals surface area contributed by atoms with E-state index in [2.05, 4.69) is 20.9 Å². The van der Waals surface area contributed by atoms with Crippen LogP contribution in [0, 0.1) is 0 Å². The first-order chi connectivity index (χ1) is 4.22. The van der Waals surface area contributed by atoms with Crippen LogP contribution in [0.15, 0.2) is 4.99 Å². The predicted molar refractivity (Wildman–Crippen MR) is 42.5 cm³/mol. The van der Waals surface area contributed by atoms with Crippen LogP contribution < -0.4 is 5.73 Å². The Morgan fingerprint density at radius 3 is 2.78 bits per heavy atom. The highest BCUT2D eigenvalue weighted by Crippen LogP contribution is 2.32. The summed E-state index contributed by atoms with van der Waals surface area (Å²) in [6, 6.07) is -0.330. The van der Waals surface area contributed by atoms with E-state index in [1.54, 1.807) is 5.96 Å². The highest BCUT2D eigenvalue weighted by atomic mass is 79.9. The van der Waals surface area contributed by atoms with Crippen LogP contribution in [0.2, 0.25) is 0 Å². The van der Waals surface area contributed by atoms with Crippen molar-refractivity contribution in [2.75, 3.05) is 0 Å². The first-order valence-electron chi connectivity index (χ1n) is 2.43. The van der Waals surface area contributed by atoms with Gasteiger partial charge in [0.2, 0.25) is 5.91 Å². The number of alkyl halides is 1. The zero-order valence-corrected chi connectivity index (χ0v) is 7.13. The molecule has 3 atom stereocenters. The number of rotatable bonds is 1. The third-order valence-electron chi connectivity index (χ3n) is 1.04. The molecule has 2 N–H and O–H groups in total. The third kappa shape index (κ3) is 1.49. The second kappa shape index (κ2) is 2.76. The normalized spacial score (nSPS) is 35.7. The molecule has 1 aliphatic heterocycles. The first-order valence-corrected chi connectivity index (χ1v) is 4.50. The molecule has 1 aliphatic rings. The number of carbonyl (C=O) groups excluding carboxylic acids is 1. The smallest absolute Gasteiger partial charge is 0.243 e. The minimum Gasteiger partial charge on any atom is -0.368 e. The minimum absolute atomic E-state index is 0.148. The Labute approximate surface area is 63.0 Å². The molecular formula is C4H6BrN2OP. The number of halogens is 1. The van der Waals surface area contributed by atoms with Crippen LogP contribution in [-0.4, -0.2) is 22.5 Å². The quantitative estimate of drug-likeness (QED) is 0.489. The van der Waals surface area contributed by atoms with Gasteiger partial charge in [-0.25, -0.2) is 0 Å². The van der Waals surface area contributed by atoms with Gasteiger partial charge in [0.05, 0.1) is 4.57 Å². The van der Waals surface area contributed by atoms with Gasteiger partial charge in [0.15, 0.2) is 0 Å². The number of aliphatic imine (C=N–C) groups is 1. The monoisotopic (exact) mass is 208 g/mol. The van der Waals surface area contributed by atoms with Crippen molar-refractivity contribution < 1.29 is 4.79 Å². The fourth-order valence-electron chi connectivity index (χ4n) is 0.579. The van der Waals surface area contributed by atoms with Crippen molar-refractivity contribution in [2.24, 2.45) is 10.7 Å². The molecule has 9 heavy (non-hydrogen) atoms. The molecular weight excluding hydrogens is 203 g/mol. The maximum absolute atomic E-state index is 10.5. The Bertz CT molecular complexity index is 161. The summed E-state index contributed by atoms with van der Waals surface area (Å²) in [7, 11) is 0.580. The van der Waals surface area contributed by atoms with Crippen LogP contribution in [-0.2, 0) is 4.79 Å². The van der Waals surface area contributed by atoms with Gasteiger partial charge in [0, 0.05) is 5.96 Å². The summed E-state index contributed by atoms with van der Waals surface area (Å²) in [6.07, 6.45) is 0. The second-order valence-electron chi connectivity index (χ2n) is 1.69. The van der Waals surface area contributed by atoms with Gasteiger partial charge in [0.1, 0.15) is 6.04 Å². The lowest BCUT2D eigenvalue weighted by Crippen LogP contribution is -2.30. The van der Waals surface area contributed by atoms with Crippen molar-refractivity contribution in [3.05, 3.63) is 0 Å². The zero-order chi connectivity index (χ0) is 6.85. The van der Waals surface area contributed by atoms with Gasteiger partial charge in [-0.15, -0.1) is 0 Å². The van der Waals surface area contributed by atoms with Crippen LogP contribution in [0.25, 0.3) is 0 Å². The topological polar surface area (TPSA) is 55.5 Å². The van der Waals surface area contributed by atoms with Crippen LogP contribution in [0.1, 0.15) is 0 Å².